The molecule has 0 fully saturated rings. The van der Waals surface area contributed by atoms with Crippen molar-refractivity contribution in [3.63, 3.8) is 0 Å². The Morgan fingerprint density at radius 3 is 2.56 bits per heavy atom. The van der Waals surface area contributed by atoms with Gasteiger partial charge in [0, 0.05) is 10.9 Å². The number of aryl methyl sites for hydroxylation is 1. The van der Waals surface area contributed by atoms with Crippen LogP contribution in [0.4, 0.5) is 0 Å². The molecule has 86 valence electrons. The van der Waals surface area contributed by atoms with Gasteiger partial charge in [-0.15, -0.1) is 0 Å². The topological polar surface area (TPSA) is 55.8 Å². The summed E-state index contributed by atoms with van der Waals surface area (Å²) in [7, 11) is 0. The van der Waals surface area contributed by atoms with Crippen LogP contribution in [0.3, 0.4) is 0 Å². The molecule has 0 unspecified atom stereocenters. The lowest BCUT2D eigenvalue weighted by Crippen LogP contribution is -2.15. The van der Waals surface area contributed by atoms with Gasteiger partial charge in [0.2, 0.25) is 0 Å². The van der Waals surface area contributed by atoms with Crippen LogP contribution in [0.2, 0.25) is 0 Å². The van der Waals surface area contributed by atoms with Crippen molar-refractivity contribution in [2.75, 3.05) is 13.2 Å². The van der Waals surface area contributed by atoms with E-state index in [1.807, 2.05) is 12.1 Å². The summed E-state index contributed by atoms with van der Waals surface area (Å²) in [4.78, 5) is 10.5. The molecule has 0 aliphatic carbocycles. The van der Waals surface area contributed by atoms with E-state index in [4.69, 9.17) is 14.6 Å². The second-order valence-corrected chi connectivity index (χ2v) is 4.34. The molecule has 16 heavy (non-hydrogen) atoms. The van der Waals surface area contributed by atoms with E-state index in [2.05, 4.69) is 15.9 Å². The highest BCUT2D eigenvalue weighted by Gasteiger charge is 2.15. The number of rotatable bonds is 3. The Morgan fingerprint density at radius 2 is 1.94 bits per heavy atom. The zero-order valence-corrected chi connectivity index (χ0v) is 10.1. The molecule has 2 rings (SSSR count). The van der Waals surface area contributed by atoms with E-state index in [1.54, 1.807) is 0 Å². The number of benzene rings is 1. The van der Waals surface area contributed by atoms with E-state index < -0.39 is 5.97 Å². The molecule has 1 aromatic carbocycles. The molecule has 0 bridgehead atoms. The number of ether oxygens (including phenoxy) is 2. The summed E-state index contributed by atoms with van der Waals surface area (Å²) in [6.07, 6.45) is 0.588. The van der Waals surface area contributed by atoms with E-state index in [-0.39, 0.29) is 6.42 Å². The Bertz CT molecular complexity index is 417. The number of carboxylic acid groups (broad SMARTS) is 1. The first kappa shape index (κ1) is 11.3. The molecular formula is C11H11BrO4. The highest BCUT2D eigenvalue weighted by Crippen LogP contribution is 2.35. The number of fused-ring (bicyclic) bond motifs is 1. The van der Waals surface area contributed by atoms with E-state index in [1.165, 1.54) is 0 Å². The van der Waals surface area contributed by atoms with Crippen molar-refractivity contribution >= 4 is 21.9 Å². The molecule has 4 nitrogen and oxygen atoms in total. The van der Waals surface area contributed by atoms with Crippen LogP contribution in [-0.4, -0.2) is 24.3 Å². The Morgan fingerprint density at radius 1 is 1.31 bits per heavy atom. The van der Waals surface area contributed by atoms with Gasteiger partial charge in [-0.1, -0.05) is 15.9 Å². The van der Waals surface area contributed by atoms with Crippen LogP contribution in [0.5, 0.6) is 11.5 Å². The zero-order chi connectivity index (χ0) is 11.5. The molecule has 0 saturated carbocycles. The molecule has 1 aliphatic rings. The number of hydrogen-bond acceptors (Lipinski definition) is 3. The summed E-state index contributed by atoms with van der Waals surface area (Å²) in [5, 5.41) is 8.63. The highest BCUT2D eigenvalue weighted by atomic mass is 79.9. The van der Waals surface area contributed by atoms with Crippen LogP contribution in [0.15, 0.2) is 16.6 Å². The zero-order valence-electron chi connectivity index (χ0n) is 8.53. The molecule has 0 amide bonds. The van der Waals surface area contributed by atoms with E-state index in [9.17, 15) is 4.79 Å². The fraction of sp³-hybridized carbons (Fsp3) is 0.364. The van der Waals surface area contributed by atoms with Crippen molar-refractivity contribution in [2.24, 2.45) is 0 Å². The van der Waals surface area contributed by atoms with Crippen LogP contribution in [0, 0.1) is 0 Å². The van der Waals surface area contributed by atoms with Crippen molar-refractivity contribution in [3.05, 3.63) is 22.2 Å². The summed E-state index contributed by atoms with van der Waals surface area (Å²) in [6.45, 7) is 1.08. The van der Waals surface area contributed by atoms with Gasteiger partial charge in [0.15, 0.2) is 11.5 Å². The quantitative estimate of drug-likeness (QED) is 0.926. The van der Waals surface area contributed by atoms with Crippen LogP contribution in [0.1, 0.15) is 12.0 Å². The average Bonchev–Trinajstić information content (AvgIpc) is 2.26. The van der Waals surface area contributed by atoms with E-state index >= 15 is 0 Å². The summed E-state index contributed by atoms with van der Waals surface area (Å²) >= 11 is 3.40. The highest BCUT2D eigenvalue weighted by molar-refractivity contribution is 9.10. The van der Waals surface area contributed by atoms with Crippen molar-refractivity contribution in [1.82, 2.24) is 0 Å². The monoisotopic (exact) mass is 286 g/mol. The lowest BCUT2D eigenvalue weighted by Gasteiger charge is -2.19. The molecule has 0 radical (unpaired) electrons. The second-order valence-electron chi connectivity index (χ2n) is 3.48. The number of carboxylic acids is 1. The number of carbonyl (C=O) groups is 1. The lowest BCUT2D eigenvalue weighted by molar-refractivity contribution is -0.136. The fourth-order valence-electron chi connectivity index (χ4n) is 1.54. The molecule has 1 heterocycles. The largest absolute Gasteiger partial charge is 0.486 e. The summed E-state index contributed by atoms with van der Waals surface area (Å²) in [6, 6.07) is 3.66. The molecular weight excluding hydrogens is 276 g/mol. The van der Waals surface area contributed by atoms with Crippen LogP contribution in [0.25, 0.3) is 0 Å². The predicted octanol–water partition coefficient (Wildman–Crippen LogP) is 2.24. The van der Waals surface area contributed by atoms with E-state index in [0.717, 1.165) is 10.0 Å². The maximum absolute atomic E-state index is 10.5. The van der Waals surface area contributed by atoms with Crippen LogP contribution in [-0.2, 0) is 11.2 Å². The first-order valence-electron chi connectivity index (χ1n) is 4.96. The molecule has 1 aliphatic heterocycles. The van der Waals surface area contributed by atoms with Gasteiger partial charge in [0.25, 0.3) is 0 Å². The third-order valence-corrected chi connectivity index (χ3v) is 3.06. The number of aliphatic carboxylic acids is 1. The number of hydrogen-bond donors (Lipinski definition) is 1. The third kappa shape index (κ3) is 2.47. The maximum Gasteiger partial charge on any atom is 0.303 e. The van der Waals surface area contributed by atoms with Crippen molar-refractivity contribution in [3.8, 4) is 11.5 Å². The predicted molar refractivity (Wildman–Crippen MR) is 61.1 cm³/mol. The minimum absolute atomic E-state index is 0.109. The SMILES string of the molecule is O=C(O)CCc1cc2c(cc1Br)OCCO2. The van der Waals surface area contributed by atoms with Crippen molar-refractivity contribution in [1.29, 1.82) is 0 Å². The first-order valence-corrected chi connectivity index (χ1v) is 5.76. The lowest BCUT2D eigenvalue weighted by atomic mass is 10.1. The Kier molecular flexibility index (Phi) is 3.33. The molecule has 0 spiro atoms. The Labute approximate surface area is 101 Å². The standard InChI is InChI=1S/C11H11BrO4/c12-8-6-10-9(15-3-4-16-10)5-7(8)1-2-11(13)14/h5-6H,1-4H2,(H,13,14). The van der Waals surface area contributed by atoms with Gasteiger partial charge in [-0.3, -0.25) is 4.79 Å². The van der Waals surface area contributed by atoms with Crippen molar-refractivity contribution < 1.29 is 19.4 Å². The number of halogens is 1. The van der Waals surface area contributed by atoms with Crippen molar-refractivity contribution in [2.45, 2.75) is 12.8 Å². The first-order chi connectivity index (χ1) is 7.66. The minimum Gasteiger partial charge on any atom is -0.486 e. The molecule has 1 aromatic rings. The Balaban J connectivity index is 2.21. The molecule has 5 heteroatoms. The van der Waals surface area contributed by atoms with E-state index in [0.29, 0.717) is 31.1 Å². The summed E-state index contributed by atoms with van der Waals surface area (Å²) < 4.78 is 11.7. The molecule has 1 N–H and O–H groups in total. The van der Waals surface area contributed by atoms with Gasteiger partial charge >= 0.3 is 5.97 Å². The normalized spacial score (nSPS) is 13.6. The smallest absolute Gasteiger partial charge is 0.303 e. The van der Waals surface area contributed by atoms with Gasteiger partial charge in [0.1, 0.15) is 13.2 Å². The van der Waals surface area contributed by atoms with Gasteiger partial charge in [0.05, 0.1) is 0 Å². The Hall–Kier alpha value is -1.23. The van der Waals surface area contributed by atoms with Gasteiger partial charge in [-0.25, -0.2) is 0 Å². The molecule has 0 aromatic heterocycles. The van der Waals surface area contributed by atoms with Gasteiger partial charge in [-0.2, -0.15) is 0 Å². The third-order valence-electron chi connectivity index (χ3n) is 2.32. The van der Waals surface area contributed by atoms with Crippen LogP contribution >= 0.6 is 15.9 Å². The van der Waals surface area contributed by atoms with Crippen LogP contribution < -0.4 is 9.47 Å². The summed E-state index contributed by atoms with van der Waals surface area (Å²) in [5.74, 6) is 0.592. The molecule has 0 atom stereocenters. The fourth-order valence-corrected chi connectivity index (χ4v) is 2.06. The average molecular weight is 287 g/mol. The summed E-state index contributed by atoms with van der Waals surface area (Å²) in [5.41, 5.74) is 0.923. The van der Waals surface area contributed by atoms with Gasteiger partial charge < -0.3 is 14.6 Å². The van der Waals surface area contributed by atoms with Gasteiger partial charge in [-0.05, 0) is 24.1 Å². The minimum atomic E-state index is -0.804. The second kappa shape index (κ2) is 4.74. The maximum atomic E-state index is 10.5. The molecule has 0 saturated heterocycles.